The quantitative estimate of drug-likeness (QED) is 0.809. The lowest BCUT2D eigenvalue weighted by Gasteiger charge is -2.36. The second kappa shape index (κ2) is 5.48. The Morgan fingerprint density at radius 1 is 1.24 bits per heavy atom. The van der Waals surface area contributed by atoms with Crippen molar-refractivity contribution in [3.63, 3.8) is 0 Å². The van der Waals surface area contributed by atoms with Crippen molar-refractivity contribution in [2.45, 2.75) is 32.4 Å². The van der Waals surface area contributed by atoms with E-state index in [2.05, 4.69) is 55.2 Å². The number of rotatable bonds is 3. The Labute approximate surface area is 104 Å². The third-order valence-corrected chi connectivity index (χ3v) is 3.50. The molecule has 1 aliphatic heterocycles. The molecule has 0 bridgehead atoms. The van der Waals surface area contributed by atoms with Crippen LogP contribution in [0.25, 0.3) is 0 Å². The fourth-order valence-corrected chi connectivity index (χ4v) is 2.54. The van der Waals surface area contributed by atoms with Gasteiger partial charge in [0.1, 0.15) is 0 Å². The maximum absolute atomic E-state index is 6.17. The molecule has 0 fully saturated rings. The summed E-state index contributed by atoms with van der Waals surface area (Å²) in [4.78, 5) is 2.48. The molecule has 2 rings (SSSR count). The summed E-state index contributed by atoms with van der Waals surface area (Å²) in [5.74, 6) is 0. The van der Waals surface area contributed by atoms with Crippen molar-refractivity contribution in [3.8, 4) is 0 Å². The third-order valence-electron chi connectivity index (χ3n) is 3.50. The summed E-state index contributed by atoms with van der Waals surface area (Å²) in [7, 11) is 0. The minimum Gasteiger partial charge on any atom is -0.326 e. The highest BCUT2D eigenvalue weighted by molar-refractivity contribution is 5.21. The summed E-state index contributed by atoms with van der Waals surface area (Å²) >= 11 is 0. The van der Waals surface area contributed by atoms with Gasteiger partial charge >= 0.3 is 0 Å². The van der Waals surface area contributed by atoms with E-state index < -0.39 is 0 Å². The van der Waals surface area contributed by atoms with Crippen molar-refractivity contribution in [2.24, 2.45) is 5.73 Å². The van der Waals surface area contributed by atoms with Gasteiger partial charge in [-0.2, -0.15) is 0 Å². The Morgan fingerprint density at radius 2 is 1.94 bits per heavy atom. The van der Waals surface area contributed by atoms with Gasteiger partial charge in [0.15, 0.2) is 0 Å². The van der Waals surface area contributed by atoms with Gasteiger partial charge in [-0.05, 0) is 25.8 Å². The van der Waals surface area contributed by atoms with E-state index in [1.54, 1.807) is 0 Å². The lowest BCUT2D eigenvalue weighted by Crippen LogP contribution is -2.41. The molecule has 0 saturated heterocycles. The average Bonchev–Trinajstić information content (AvgIpc) is 2.33. The number of nitrogens with zero attached hydrogens (tertiary/aromatic N) is 1. The fourth-order valence-electron chi connectivity index (χ4n) is 2.54. The van der Waals surface area contributed by atoms with Gasteiger partial charge in [0.2, 0.25) is 0 Å². The zero-order valence-electron chi connectivity index (χ0n) is 10.8. The normalized spacial score (nSPS) is 20.8. The molecule has 2 unspecified atom stereocenters. The zero-order chi connectivity index (χ0) is 12.3. The van der Waals surface area contributed by atoms with Gasteiger partial charge in [-0.15, -0.1) is 0 Å². The molecule has 2 N–H and O–H groups in total. The molecular formula is C15H22N2. The highest BCUT2D eigenvalue weighted by Gasteiger charge is 2.24. The average molecular weight is 230 g/mol. The zero-order valence-corrected chi connectivity index (χ0v) is 10.8. The minimum absolute atomic E-state index is 0.157. The van der Waals surface area contributed by atoms with Crippen LogP contribution in [0.15, 0.2) is 42.0 Å². The highest BCUT2D eigenvalue weighted by Crippen LogP contribution is 2.26. The van der Waals surface area contributed by atoms with Crippen LogP contribution >= 0.6 is 0 Å². The van der Waals surface area contributed by atoms with Crippen LogP contribution in [-0.2, 0) is 0 Å². The van der Waals surface area contributed by atoms with Gasteiger partial charge in [-0.1, -0.05) is 42.0 Å². The van der Waals surface area contributed by atoms with Gasteiger partial charge in [-0.3, -0.25) is 4.90 Å². The van der Waals surface area contributed by atoms with E-state index in [1.807, 2.05) is 0 Å². The molecular weight excluding hydrogens is 208 g/mol. The number of benzene rings is 1. The van der Waals surface area contributed by atoms with Gasteiger partial charge in [0.05, 0.1) is 0 Å². The molecule has 0 aliphatic carbocycles. The molecule has 92 valence electrons. The first-order valence-electron chi connectivity index (χ1n) is 6.38. The Bertz CT molecular complexity index is 381. The largest absolute Gasteiger partial charge is 0.326 e. The molecule has 1 aromatic carbocycles. The monoisotopic (exact) mass is 230 g/mol. The van der Waals surface area contributed by atoms with Gasteiger partial charge in [0.25, 0.3) is 0 Å². The second-order valence-corrected chi connectivity index (χ2v) is 5.01. The minimum atomic E-state index is 0.157. The predicted molar refractivity (Wildman–Crippen MR) is 72.8 cm³/mol. The molecule has 2 heteroatoms. The van der Waals surface area contributed by atoms with Crippen LogP contribution in [0.3, 0.4) is 0 Å². The number of hydrogen-bond donors (Lipinski definition) is 1. The van der Waals surface area contributed by atoms with Crippen molar-refractivity contribution in [3.05, 3.63) is 47.5 Å². The van der Waals surface area contributed by atoms with Crippen LogP contribution in [0, 0.1) is 0 Å². The maximum atomic E-state index is 6.17. The van der Waals surface area contributed by atoms with E-state index >= 15 is 0 Å². The van der Waals surface area contributed by atoms with Crippen LogP contribution in [0.5, 0.6) is 0 Å². The molecule has 17 heavy (non-hydrogen) atoms. The summed E-state index contributed by atoms with van der Waals surface area (Å²) in [6, 6.07) is 11.1. The standard InChI is InChI=1S/C15H22N2/c1-12-8-10-17(11-9-12)15(13(2)16)14-6-4-3-5-7-14/h3-8,13,15H,9-11,16H2,1-2H3. The van der Waals surface area contributed by atoms with Crippen LogP contribution in [0.4, 0.5) is 0 Å². The Balaban J connectivity index is 2.19. The maximum Gasteiger partial charge on any atom is 0.0499 e. The molecule has 0 aromatic heterocycles. The van der Waals surface area contributed by atoms with Crippen molar-refractivity contribution >= 4 is 0 Å². The molecule has 2 atom stereocenters. The molecule has 0 spiro atoms. The molecule has 2 nitrogen and oxygen atoms in total. The van der Waals surface area contributed by atoms with Gasteiger partial charge in [0, 0.05) is 25.2 Å². The van der Waals surface area contributed by atoms with Gasteiger partial charge < -0.3 is 5.73 Å². The highest BCUT2D eigenvalue weighted by atomic mass is 15.2. The van der Waals surface area contributed by atoms with E-state index in [1.165, 1.54) is 11.1 Å². The van der Waals surface area contributed by atoms with E-state index in [0.717, 1.165) is 19.5 Å². The lowest BCUT2D eigenvalue weighted by atomic mass is 9.97. The molecule has 0 amide bonds. The summed E-state index contributed by atoms with van der Waals surface area (Å²) in [6.45, 7) is 6.44. The van der Waals surface area contributed by atoms with Crippen LogP contribution < -0.4 is 5.73 Å². The molecule has 1 aliphatic rings. The number of hydrogen-bond acceptors (Lipinski definition) is 2. The Kier molecular flexibility index (Phi) is 3.97. The summed E-state index contributed by atoms with van der Waals surface area (Å²) in [5.41, 5.74) is 9.00. The summed E-state index contributed by atoms with van der Waals surface area (Å²) < 4.78 is 0. The number of nitrogens with two attached hydrogens (primary N) is 1. The smallest absolute Gasteiger partial charge is 0.0499 e. The molecule has 0 radical (unpaired) electrons. The first-order chi connectivity index (χ1) is 8.18. The lowest BCUT2D eigenvalue weighted by molar-refractivity contribution is 0.190. The van der Waals surface area contributed by atoms with E-state index in [0.29, 0.717) is 6.04 Å². The SMILES string of the molecule is CC1=CCN(C(c2ccccc2)C(C)N)CC1. The molecule has 0 saturated carbocycles. The topological polar surface area (TPSA) is 29.3 Å². The summed E-state index contributed by atoms with van der Waals surface area (Å²) in [5, 5.41) is 0. The fraction of sp³-hybridized carbons (Fsp3) is 0.467. The van der Waals surface area contributed by atoms with Gasteiger partial charge in [-0.25, -0.2) is 0 Å². The van der Waals surface area contributed by atoms with Crippen LogP contribution in [0.1, 0.15) is 31.9 Å². The van der Waals surface area contributed by atoms with E-state index in [9.17, 15) is 0 Å². The van der Waals surface area contributed by atoms with Crippen molar-refractivity contribution in [2.75, 3.05) is 13.1 Å². The second-order valence-electron chi connectivity index (χ2n) is 5.01. The van der Waals surface area contributed by atoms with Crippen molar-refractivity contribution in [1.29, 1.82) is 0 Å². The molecule has 1 aromatic rings. The van der Waals surface area contributed by atoms with Crippen molar-refractivity contribution in [1.82, 2.24) is 4.90 Å². The molecule has 1 heterocycles. The van der Waals surface area contributed by atoms with Crippen LogP contribution in [0.2, 0.25) is 0 Å². The van der Waals surface area contributed by atoms with E-state index in [4.69, 9.17) is 5.73 Å². The van der Waals surface area contributed by atoms with Crippen molar-refractivity contribution < 1.29 is 0 Å². The Hall–Kier alpha value is -1.12. The summed E-state index contributed by atoms with van der Waals surface area (Å²) in [6.07, 6.45) is 3.48. The van der Waals surface area contributed by atoms with Crippen LogP contribution in [-0.4, -0.2) is 24.0 Å². The third kappa shape index (κ3) is 2.96. The Morgan fingerprint density at radius 3 is 2.47 bits per heavy atom. The van der Waals surface area contributed by atoms with E-state index in [-0.39, 0.29) is 6.04 Å². The first kappa shape index (κ1) is 12.3. The predicted octanol–water partition coefficient (Wildman–Crippen LogP) is 2.73. The first-order valence-corrected chi connectivity index (χ1v) is 6.38.